The van der Waals surface area contributed by atoms with Gasteiger partial charge in [-0.15, -0.1) is 0 Å². The summed E-state index contributed by atoms with van der Waals surface area (Å²) < 4.78 is 5.46. The van der Waals surface area contributed by atoms with E-state index in [0.717, 1.165) is 36.4 Å². The number of hydrogen-bond donors (Lipinski definition) is 2. The first-order chi connectivity index (χ1) is 9.11. The van der Waals surface area contributed by atoms with Crippen LogP contribution in [0.3, 0.4) is 0 Å². The first kappa shape index (κ1) is 13.9. The molecule has 0 aromatic heterocycles. The number of hydrogen-bond acceptors (Lipinski definition) is 3. The van der Waals surface area contributed by atoms with Crippen LogP contribution >= 0.6 is 0 Å². The van der Waals surface area contributed by atoms with Gasteiger partial charge in [-0.2, -0.15) is 0 Å². The zero-order chi connectivity index (χ0) is 13.8. The third-order valence-corrected chi connectivity index (χ3v) is 3.54. The monoisotopic (exact) mass is 262 g/mol. The van der Waals surface area contributed by atoms with Gasteiger partial charge < -0.3 is 15.4 Å². The number of rotatable bonds is 4. The van der Waals surface area contributed by atoms with E-state index >= 15 is 0 Å². The van der Waals surface area contributed by atoms with E-state index in [1.165, 1.54) is 0 Å². The summed E-state index contributed by atoms with van der Waals surface area (Å²) in [5, 5.41) is 6.30. The van der Waals surface area contributed by atoms with Crippen LogP contribution in [0.2, 0.25) is 0 Å². The lowest BCUT2D eigenvalue weighted by Crippen LogP contribution is -2.39. The van der Waals surface area contributed by atoms with Crippen LogP contribution < -0.4 is 10.6 Å². The largest absolute Gasteiger partial charge is 0.385 e. The van der Waals surface area contributed by atoms with Gasteiger partial charge in [0.05, 0.1) is 12.1 Å². The van der Waals surface area contributed by atoms with Crippen molar-refractivity contribution in [2.45, 2.75) is 39.3 Å². The second kappa shape index (κ2) is 6.06. The summed E-state index contributed by atoms with van der Waals surface area (Å²) in [5.74, 6) is -0.0112. The molecule has 1 heterocycles. The van der Waals surface area contributed by atoms with Gasteiger partial charge in [0.1, 0.15) is 0 Å². The average molecular weight is 262 g/mol. The summed E-state index contributed by atoms with van der Waals surface area (Å²) in [7, 11) is 0. The molecule has 1 aromatic rings. The number of benzene rings is 1. The Bertz CT molecular complexity index is 459. The molecule has 104 valence electrons. The number of anilines is 1. The van der Waals surface area contributed by atoms with Gasteiger partial charge in [-0.25, -0.2) is 0 Å². The molecule has 0 bridgehead atoms. The van der Waals surface area contributed by atoms with Crippen LogP contribution in [0, 0.1) is 6.92 Å². The van der Waals surface area contributed by atoms with E-state index in [0.29, 0.717) is 0 Å². The number of ether oxygens (including phenoxy) is 1. The minimum atomic E-state index is -0.0112. The maximum atomic E-state index is 12.2. The molecule has 1 aromatic carbocycles. The van der Waals surface area contributed by atoms with Gasteiger partial charge in [0.2, 0.25) is 0 Å². The Labute approximate surface area is 114 Å². The van der Waals surface area contributed by atoms with Crippen molar-refractivity contribution in [3.05, 3.63) is 29.3 Å². The summed E-state index contributed by atoms with van der Waals surface area (Å²) in [4.78, 5) is 12.2. The zero-order valence-electron chi connectivity index (χ0n) is 11.8. The van der Waals surface area contributed by atoms with Crippen LogP contribution in [0.1, 0.15) is 36.2 Å². The maximum Gasteiger partial charge on any atom is 0.251 e. The van der Waals surface area contributed by atoms with E-state index in [-0.39, 0.29) is 18.1 Å². The van der Waals surface area contributed by atoms with Crippen molar-refractivity contribution >= 4 is 11.6 Å². The highest BCUT2D eigenvalue weighted by Gasteiger charge is 2.26. The number of carbonyl (C=O) groups excluding carboxylic acids is 1. The minimum Gasteiger partial charge on any atom is -0.385 e. The summed E-state index contributed by atoms with van der Waals surface area (Å²) >= 11 is 0. The van der Waals surface area contributed by atoms with Crippen LogP contribution in [0.15, 0.2) is 18.2 Å². The SMILES string of the molecule is CCNc1ccc(C(=O)NC2CCOC2C)c(C)c1. The Morgan fingerprint density at radius 2 is 2.26 bits per heavy atom. The molecule has 2 rings (SSSR count). The van der Waals surface area contributed by atoms with Gasteiger partial charge in [0.25, 0.3) is 5.91 Å². The highest BCUT2D eigenvalue weighted by Crippen LogP contribution is 2.17. The predicted octanol–water partition coefficient (Wildman–Crippen LogP) is 2.33. The van der Waals surface area contributed by atoms with Gasteiger partial charge in [-0.3, -0.25) is 4.79 Å². The summed E-state index contributed by atoms with van der Waals surface area (Å²) in [5.41, 5.74) is 2.78. The lowest BCUT2D eigenvalue weighted by molar-refractivity contribution is 0.0865. The van der Waals surface area contributed by atoms with Gasteiger partial charge in [0.15, 0.2) is 0 Å². The molecular formula is C15H22N2O2. The number of carbonyl (C=O) groups is 1. The molecule has 0 radical (unpaired) electrons. The molecule has 2 atom stereocenters. The highest BCUT2D eigenvalue weighted by molar-refractivity contribution is 5.96. The van der Waals surface area contributed by atoms with Crippen LogP contribution in [-0.2, 0) is 4.74 Å². The fourth-order valence-electron chi connectivity index (χ4n) is 2.40. The molecule has 1 aliphatic heterocycles. The van der Waals surface area contributed by atoms with Crippen LogP contribution in [0.4, 0.5) is 5.69 Å². The van der Waals surface area contributed by atoms with Crippen LogP contribution in [-0.4, -0.2) is 31.2 Å². The smallest absolute Gasteiger partial charge is 0.251 e. The van der Waals surface area contributed by atoms with Gasteiger partial charge in [-0.05, 0) is 51.0 Å². The number of aryl methyl sites for hydroxylation is 1. The van der Waals surface area contributed by atoms with E-state index in [9.17, 15) is 4.79 Å². The Hall–Kier alpha value is -1.55. The second-order valence-corrected chi connectivity index (χ2v) is 5.00. The molecule has 2 N–H and O–H groups in total. The fraction of sp³-hybridized carbons (Fsp3) is 0.533. The quantitative estimate of drug-likeness (QED) is 0.875. The first-order valence-corrected chi connectivity index (χ1v) is 6.88. The molecular weight excluding hydrogens is 240 g/mol. The molecule has 1 saturated heterocycles. The Balaban J connectivity index is 2.06. The van der Waals surface area contributed by atoms with Gasteiger partial charge >= 0.3 is 0 Å². The molecule has 1 amide bonds. The van der Waals surface area contributed by atoms with Crippen molar-refractivity contribution in [3.8, 4) is 0 Å². The van der Waals surface area contributed by atoms with E-state index < -0.39 is 0 Å². The van der Waals surface area contributed by atoms with Crippen molar-refractivity contribution in [1.29, 1.82) is 0 Å². The average Bonchev–Trinajstić information content (AvgIpc) is 2.75. The minimum absolute atomic E-state index is 0.0112. The molecule has 4 heteroatoms. The Kier molecular flexibility index (Phi) is 4.43. The number of nitrogens with one attached hydrogen (secondary N) is 2. The predicted molar refractivity (Wildman–Crippen MR) is 76.6 cm³/mol. The van der Waals surface area contributed by atoms with Crippen molar-refractivity contribution < 1.29 is 9.53 Å². The van der Waals surface area contributed by atoms with E-state index in [2.05, 4.69) is 17.6 Å². The lowest BCUT2D eigenvalue weighted by atomic mass is 10.1. The zero-order valence-corrected chi connectivity index (χ0v) is 11.8. The van der Waals surface area contributed by atoms with Crippen molar-refractivity contribution in [3.63, 3.8) is 0 Å². The van der Waals surface area contributed by atoms with E-state index in [1.807, 2.05) is 32.0 Å². The topological polar surface area (TPSA) is 50.4 Å². The molecule has 1 fully saturated rings. The van der Waals surface area contributed by atoms with Crippen molar-refractivity contribution in [2.75, 3.05) is 18.5 Å². The van der Waals surface area contributed by atoms with Gasteiger partial charge in [0, 0.05) is 24.4 Å². The molecule has 4 nitrogen and oxygen atoms in total. The number of amides is 1. The molecule has 19 heavy (non-hydrogen) atoms. The van der Waals surface area contributed by atoms with Crippen molar-refractivity contribution in [1.82, 2.24) is 5.32 Å². The molecule has 2 unspecified atom stereocenters. The third kappa shape index (κ3) is 3.26. The van der Waals surface area contributed by atoms with Crippen LogP contribution in [0.5, 0.6) is 0 Å². The second-order valence-electron chi connectivity index (χ2n) is 5.00. The van der Waals surface area contributed by atoms with E-state index in [4.69, 9.17) is 4.74 Å². The fourth-order valence-corrected chi connectivity index (χ4v) is 2.40. The first-order valence-electron chi connectivity index (χ1n) is 6.88. The Morgan fingerprint density at radius 3 is 2.84 bits per heavy atom. The molecule has 0 aliphatic carbocycles. The maximum absolute atomic E-state index is 12.2. The molecule has 0 saturated carbocycles. The molecule has 1 aliphatic rings. The normalized spacial score (nSPS) is 22.3. The van der Waals surface area contributed by atoms with E-state index in [1.54, 1.807) is 0 Å². The van der Waals surface area contributed by atoms with Gasteiger partial charge in [-0.1, -0.05) is 0 Å². The van der Waals surface area contributed by atoms with Crippen LogP contribution in [0.25, 0.3) is 0 Å². The van der Waals surface area contributed by atoms with Crippen molar-refractivity contribution in [2.24, 2.45) is 0 Å². The molecule has 0 spiro atoms. The lowest BCUT2D eigenvalue weighted by Gasteiger charge is -2.17. The third-order valence-electron chi connectivity index (χ3n) is 3.54. The summed E-state index contributed by atoms with van der Waals surface area (Å²) in [6.07, 6.45) is 0.992. The Morgan fingerprint density at radius 1 is 1.47 bits per heavy atom. The summed E-state index contributed by atoms with van der Waals surface area (Å²) in [6.45, 7) is 7.62. The standard InChI is InChI=1S/C15H22N2O2/c1-4-16-12-5-6-13(10(2)9-12)15(18)17-14-7-8-19-11(14)3/h5-6,9,11,14,16H,4,7-8H2,1-3H3,(H,17,18). The highest BCUT2D eigenvalue weighted by atomic mass is 16.5. The summed E-state index contributed by atoms with van der Waals surface area (Å²) in [6, 6.07) is 5.95.